The summed E-state index contributed by atoms with van der Waals surface area (Å²) < 4.78 is 38.6. The van der Waals surface area contributed by atoms with Crippen LogP contribution >= 0.6 is 0 Å². The minimum atomic E-state index is -3.77. The first kappa shape index (κ1) is 20.3. The SMILES string of the molecule is N#Cc1ccc(S(=O)(=O)N2CCOc3ccc(C(=O)N4CCOCC4)cc3C2)cc1. The van der Waals surface area contributed by atoms with Crippen LogP contribution in [0.1, 0.15) is 21.5 Å². The summed E-state index contributed by atoms with van der Waals surface area (Å²) in [6.07, 6.45) is 0. The quantitative estimate of drug-likeness (QED) is 0.738. The first-order valence-corrected chi connectivity index (χ1v) is 11.1. The van der Waals surface area contributed by atoms with E-state index in [0.29, 0.717) is 48.7 Å². The molecule has 0 aromatic heterocycles. The van der Waals surface area contributed by atoms with E-state index in [1.165, 1.54) is 28.6 Å². The average Bonchev–Trinajstić information content (AvgIpc) is 3.01. The maximum atomic E-state index is 13.1. The van der Waals surface area contributed by atoms with Gasteiger partial charge in [-0.15, -0.1) is 0 Å². The third kappa shape index (κ3) is 4.03. The fourth-order valence-corrected chi connectivity index (χ4v) is 4.91. The zero-order valence-corrected chi connectivity index (χ0v) is 17.1. The van der Waals surface area contributed by atoms with Crippen molar-refractivity contribution in [3.63, 3.8) is 0 Å². The molecular weight excluding hydrogens is 406 g/mol. The lowest BCUT2D eigenvalue weighted by atomic mass is 10.1. The third-order valence-electron chi connectivity index (χ3n) is 5.17. The van der Waals surface area contributed by atoms with Crippen LogP contribution in [0.3, 0.4) is 0 Å². The number of nitriles is 1. The van der Waals surface area contributed by atoms with Crippen LogP contribution in [0.15, 0.2) is 47.4 Å². The van der Waals surface area contributed by atoms with Gasteiger partial charge < -0.3 is 14.4 Å². The maximum Gasteiger partial charge on any atom is 0.254 e. The zero-order chi connectivity index (χ0) is 21.1. The highest BCUT2D eigenvalue weighted by molar-refractivity contribution is 7.89. The molecule has 156 valence electrons. The molecule has 2 aliphatic rings. The van der Waals surface area contributed by atoms with Gasteiger partial charge in [0.05, 0.1) is 29.7 Å². The Balaban J connectivity index is 1.60. The van der Waals surface area contributed by atoms with Gasteiger partial charge in [-0.05, 0) is 42.5 Å². The molecule has 2 heterocycles. The van der Waals surface area contributed by atoms with Crippen molar-refractivity contribution in [1.29, 1.82) is 5.26 Å². The minimum absolute atomic E-state index is 0.0991. The Kier molecular flexibility index (Phi) is 5.72. The third-order valence-corrected chi connectivity index (χ3v) is 7.03. The smallest absolute Gasteiger partial charge is 0.254 e. The van der Waals surface area contributed by atoms with Gasteiger partial charge in [-0.1, -0.05) is 0 Å². The Morgan fingerprint density at radius 3 is 2.43 bits per heavy atom. The van der Waals surface area contributed by atoms with E-state index in [1.807, 2.05) is 6.07 Å². The Labute approximate surface area is 175 Å². The highest BCUT2D eigenvalue weighted by Crippen LogP contribution is 2.28. The topological polar surface area (TPSA) is 99.9 Å². The summed E-state index contributed by atoms with van der Waals surface area (Å²) in [6, 6.07) is 12.9. The molecule has 0 atom stereocenters. The molecule has 8 nitrogen and oxygen atoms in total. The number of morpholine rings is 1. The Bertz CT molecular complexity index is 1090. The molecule has 9 heteroatoms. The summed E-state index contributed by atoms with van der Waals surface area (Å²) in [6.45, 7) is 2.58. The van der Waals surface area contributed by atoms with Crippen molar-refractivity contribution in [3.05, 3.63) is 59.2 Å². The molecule has 0 spiro atoms. The fraction of sp³-hybridized carbons (Fsp3) is 0.333. The number of amides is 1. The fourth-order valence-electron chi connectivity index (χ4n) is 3.51. The molecule has 0 aliphatic carbocycles. The number of carbonyl (C=O) groups is 1. The second kappa shape index (κ2) is 8.44. The molecule has 0 saturated carbocycles. The van der Waals surface area contributed by atoms with Gasteiger partial charge in [-0.25, -0.2) is 8.42 Å². The first-order valence-electron chi connectivity index (χ1n) is 9.62. The predicted octanol–water partition coefficient (Wildman–Crippen LogP) is 1.61. The van der Waals surface area contributed by atoms with Crippen LogP contribution in [-0.2, 0) is 21.3 Å². The second-order valence-corrected chi connectivity index (χ2v) is 8.99. The average molecular weight is 427 g/mol. The monoisotopic (exact) mass is 427 g/mol. The van der Waals surface area contributed by atoms with Crippen molar-refractivity contribution >= 4 is 15.9 Å². The molecule has 30 heavy (non-hydrogen) atoms. The molecule has 2 aliphatic heterocycles. The van der Waals surface area contributed by atoms with E-state index in [1.54, 1.807) is 23.1 Å². The molecule has 0 radical (unpaired) electrons. The summed E-state index contributed by atoms with van der Waals surface area (Å²) in [5.41, 5.74) is 1.53. The van der Waals surface area contributed by atoms with E-state index >= 15 is 0 Å². The van der Waals surface area contributed by atoms with Crippen LogP contribution in [0.25, 0.3) is 0 Å². The number of rotatable bonds is 3. The first-order chi connectivity index (χ1) is 14.5. The second-order valence-electron chi connectivity index (χ2n) is 7.05. The predicted molar refractivity (Wildman–Crippen MR) is 107 cm³/mol. The zero-order valence-electron chi connectivity index (χ0n) is 16.3. The molecular formula is C21H21N3O5S. The van der Waals surface area contributed by atoms with E-state index in [9.17, 15) is 13.2 Å². The number of hydrogen-bond donors (Lipinski definition) is 0. The molecule has 2 aromatic rings. The van der Waals surface area contributed by atoms with Crippen molar-refractivity contribution < 1.29 is 22.7 Å². The lowest BCUT2D eigenvalue weighted by Crippen LogP contribution is -2.40. The van der Waals surface area contributed by atoms with Crippen LogP contribution < -0.4 is 4.74 Å². The van der Waals surface area contributed by atoms with Crippen LogP contribution in [-0.4, -0.2) is 63.0 Å². The molecule has 0 unspecified atom stereocenters. The molecule has 1 fully saturated rings. The van der Waals surface area contributed by atoms with Gasteiger partial charge in [-0.3, -0.25) is 4.79 Å². The Morgan fingerprint density at radius 2 is 1.73 bits per heavy atom. The summed E-state index contributed by atoms with van der Waals surface area (Å²) in [5, 5.41) is 8.93. The number of fused-ring (bicyclic) bond motifs is 1. The highest BCUT2D eigenvalue weighted by atomic mass is 32.2. The van der Waals surface area contributed by atoms with Crippen LogP contribution in [0.2, 0.25) is 0 Å². The Morgan fingerprint density at radius 1 is 1.00 bits per heavy atom. The van der Waals surface area contributed by atoms with Crippen molar-refractivity contribution in [1.82, 2.24) is 9.21 Å². The number of nitrogens with zero attached hydrogens (tertiary/aromatic N) is 3. The van der Waals surface area contributed by atoms with Crippen molar-refractivity contribution in [2.45, 2.75) is 11.4 Å². The summed E-state index contributed by atoms with van der Waals surface area (Å²) in [5.74, 6) is 0.470. The minimum Gasteiger partial charge on any atom is -0.492 e. The summed E-state index contributed by atoms with van der Waals surface area (Å²) in [4.78, 5) is 14.6. The van der Waals surface area contributed by atoms with E-state index in [2.05, 4.69) is 0 Å². The van der Waals surface area contributed by atoms with Gasteiger partial charge in [0.15, 0.2) is 0 Å². The number of sulfonamides is 1. The van der Waals surface area contributed by atoms with Gasteiger partial charge >= 0.3 is 0 Å². The standard InChI is InChI=1S/C21H21N3O5S/c22-14-16-1-4-19(5-2-16)30(26,27)24-9-12-29-20-6-3-17(13-18(20)15-24)21(25)23-7-10-28-11-8-23/h1-6,13H,7-12,15H2. The largest absolute Gasteiger partial charge is 0.492 e. The Hall–Kier alpha value is -2.93. The molecule has 4 rings (SSSR count). The van der Waals surface area contributed by atoms with Gasteiger partial charge in [0.1, 0.15) is 12.4 Å². The number of hydrogen-bond acceptors (Lipinski definition) is 6. The molecule has 0 bridgehead atoms. The summed E-state index contributed by atoms with van der Waals surface area (Å²) >= 11 is 0. The van der Waals surface area contributed by atoms with E-state index in [0.717, 1.165) is 0 Å². The van der Waals surface area contributed by atoms with Crippen LogP contribution in [0.5, 0.6) is 5.75 Å². The van der Waals surface area contributed by atoms with Crippen molar-refractivity contribution in [2.24, 2.45) is 0 Å². The highest BCUT2D eigenvalue weighted by Gasteiger charge is 2.28. The van der Waals surface area contributed by atoms with Crippen LogP contribution in [0, 0.1) is 11.3 Å². The number of carbonyl (C=O) groups excluding carboxylic acids is 1. The van der Waals surface area contributed by atoms with Gasteiger partial charge in [0, 0.05) is 37.3 Å². The lowest BCUT2D eigenvalue weighted by molar-refractivity contribution is 0.0303. The van der Waals surface area contributed by atoms with Crippen molar-refractivity contribution in [2.75, 3.05) is 39.5 Å². The van der Waals surface area contributed by atoms with Crippen molar-refractivity contribution in [3.8, 4) is 11.8 Å². The van der Waals surface area contributed by atoms with Crippen LogP contribution in [0.4, 0.5) is 0 Å². The normalized spacial score (nSPS) is 17.4. The molecule has 1 amide bonds. The maximum absolute atomic E-state index is 13.1. The number of ether oxygens (including phenoxy) is 2. The van der Waals surface area contributed by atoms with E-state index < -0.39 is 10.0 Å². The van der Waals surface area contributed by atoms with Gasteiger partial charge in [-0.2, -0.15) is 9.57 Å². The number of benzene rings is 2. The van der Waals surface area contributed by atoms with Gasteiger partial charge in [0.2, 0.25) is 10.0 Å². The van der Waals surface area contributed by atoms with Gasteiger partial charge in [0.25, 0.3) is 5.91 Å². The molecule has 2 aromatic carbocycles. The molecule has 1 saturated heterocycles. The summed E-state index contributed by atoms with van der Waals surface area (Å²) in [7, 11) is -3.77. The van der Waals surface area contributed by atoms with E-state index in [-0.39, 0.29) is 30.5 Å². The lowest BCUT2D eigenvalue weighted by Gasteiger charge is -2.27. The van der Waals surface area contributed by atoms with E-state index in [4.69, 9.17) is 14.7 Å². The molecule has 0 N–H and O–H groups in total.